The summed E-state index contributed by atoms with van der Waals surface area (Å²) in [7, 11) is 0. The lowest BCUT2D eigenvalue weighted by molar-refractivity contribution is 0.316. The van der Waals surface area contributed by atoms with Crippen molar-refractivity contribution < 1.29 is 5.21 Å². The molecule has 1 rings (SSSR count). The normalized spacial score (nSPS) is 19.6. The Hall–Kier alpha value is -0.770. The van der Waals surface area contributed by atoms with Gasteiger partial charge in [0.05, 0.1) is 0 Å². The SMILES string of the molecule is CCC1(CNCCCC(N)=NO)CC1. The zero-order valence-corrected chi connectivity index (χ0v) is 8.92. The molecule has 0 bridgehead atoms. The summed E-state index contributed by atoms with van der Waals surface area (Å²) in [5.74, 6) is 0.323. The Morgan fingerprint density at radius 1 is 1.57 bits per heavy atom. The molecule has 0 saturated heterocycles. The molecule has 0 aliphatic heterocycles. The molecule has 1 aliphatic rings. The van der Waals surface area contributed by atoms with Gasteiger partial charge in [0.15, 0.2) is 0 Å². The van der Waals surface area contributed by atoms with Gasteiger partial charge in [-0.3, -0.25) is 0 Å². The highest BCUT2D eigenvalue weighted by Crippen LogP contribution is 2.47. The molecule has 0 radical (unpaired) electrons. The number of amidine groups is 1. The molecular formula is C10H21N3O. The number of nitrogens with one attached hydrogen (secondary N) is 1. The quantitative estimate of drug-likeness (QED) is 0.190. The van der Waals surface area contributed by atoms with Crippen LogP contribution in [-0.4, -0.2) is 24.1 Å². The van der Waals surface area contributed by atoms with E-state index in [2.05, 4.69) is 17.4 Å². The highest BCUT2D eigenvalue weighted by Gasteiger charge is 2.39. The Morgan fingerprint density at radius 3 is 2.79 bits per heavy atom. The first-order valence-electron chi connectivity index (χ1n) is 5.39. The van der Waals surface area contributed by atoms with E-state index in [1.54, 1.807) is 0 Å². The van der Waals surface area contributed by atoms with E-state index in [1.807, 2.05) is 0 Å². The van der Waals surface area contributed by atoms with Crippen molar-refractivity contribution in [1.29, 1.82) is 0 Å². The van der Waals surface area contributed by atoms with E-state index in [9.17, 15) is 0 Å². The number of rotatable bonds is 7. The van der Waals surface area contributed by atoms with Crippen LogP contribution in [0.5, 0.6) is 0 Å². The number of hydrogen-bond acceptors (Lipinski definition) is 3. The molecule has 14 heavy (non-hydrogen) atoms. The molecule has 1 aliphatic carbocycles. The van der Waals surface area contributed by atoms with Crippen LogP contribution in [0.3, 0.4) is 0 Å². The lowest BCUT2D eigenvalue weighted by Gasteiger charge is -2.12. The Morgan fingerprint density at radius 2 is 2.29 bits per heavy atom. The Kier molecular flexibility index (Phi) is 4.20. The first kappa shape index (κ1) is 11.3. The van der Waals surface area contributed by atoms with Crippen molar-refractivity contribution >= 4 is 5.84 Å². The van der Waals surface area contributed by atoms with Crippen LogP contribution in [-0.2, 0) is 0 Å². The van der Waals surface area contributed by atoms with Crippen LogP contribution in [0.4, 0.5) is 0 Å². The maximum Gasteiger partial charge on any atom is 0.139 e. The van der Waals surface area contributed by atoms with Crippen LogP contribution >= 0.6 is 0 Å². The van der Waals surface area contributed by atoms with E-state index in [4.69, 9.17) is 10.9 Å². The molecule has 0 aromatic carbocycles. The van der Waals surface area contributed by atoms with Crippen molar-refractivity contribution in [2.24, 2.45) is 16.3 Å². The zero-order valence-electron chi connectivity index (χ0n) is 8.92. The van der Waals surface area contributed by atoms with E-state index >= 15 is 0 Å². The zero-order chi connectivity index (χ0) is 10.4. The number of nitrogens with two attached hydrogens (primary N) is 1. The molecule has 82 valence electrons. The van der Waals surface area contributed by atoms with Gasteiger partial charge < -0.3 is 16.3 Å². The van der Waals surface area contributed by atoms with Gasteiger partial charge in [-0.15, -0.1) is 0 Å². The lowest BCUT2D eigenvalue weighted by atomic mass is 10.0. The average molecular weight is 199 g/mol. The van der Waals surface area contributed by atoms with Crippen molar-refractivity contribution in [3.63, 3.8) is 0 Å². The third-order valence-electron chi connectivity index (χ3n) is 3.12. The summed E-state index contributed by atoms with van der Waals surface area (Å²) in [6, 6.07) is 0. The number of hydrogen-bond donors (Lipinski definition) is 3. The molecule has 0 aromatic heterocycles. The second-order valence-electron chi connectivity index (χ2n) is 4.23. The van der Waals surface area contributed by atoms with Crippen LogP contribution in [0.25, 0.3) is 0 Å². The summed E-state index contributed by atoms with van der Waals surface area (Å²) in [5, 5.41) is 14.7. The van der Waals surface area contributed by atoms with Crippen LogP contribution < -0.4 is 11.1 Å². The summed E-state index contributed by atoms with van der Waals surface area (Å²) in [6.07, 6.45) is 5.63. The minimum Gasteiger partial charge on any atom is -0.409 e. The predicted octanol–water partition coefficient (Wildman–Crippen LogP) is 1.29. The molecule has 0 heterocycles. The molecular weight excluding hydrogens is 178 g/mol. The monoisotopic (exact) mass is 199 g/mol. The van der Waals surface area contributed by atoms with Gasteiger partial charge >= 0.3 is 0 Å². The van der Waals surface area contributed by atoms with Gasteiger partial charge in [0.1, 0.15) is 5.84 Å². The summed E-state index contributed by atoms with van der Waals surface area (Å²) >= 11 is 0. The number of nitrogens with zero attached hydrogens (tertiary/aromatic N) is 1. The number of oxime groups is 1. The van der Waals surface area contributed by atoms with Gasteiger partial charge in [-0.2, -0.15) is 0 Å². The van der Waals surface area contributed by atoms with E-state index in [1.165, 1.54) is 19.3 Å². The predicted molar refractivity (Wildman–Crippen MR) is 57.5 cm³/mol. The van der Waals surface area contributed by atoms with E-state index < -0.39 is 0 Å². The summed E-state index contributed by atoms with van der Waals surface area (Å²) < 4.78 is 0. The van der Waals surface area contributed by atoms with Gasteiger partial charge in [-0.05, 0) is 37.6 Å². The highest BCUT2D eigenvalue weighted by atomic mass is 16.4. The van der Waals surface area contributed by atoms with Gasteiger partial charge in [-0.1, -0.05) is 12.1 Å². The molecule has 4 N–H and O–H groups in total. The first-order chi connectivity index (χ1) is 6.72. The summed E-state index contributed by atoms with van der Waals surface area (Å²) in [4.78, 5) is 0. The third-order valence-corrected chi connectivity index (χ3v) is 3.12. The van der Waals surface area contributed by atoms with Gasteiger partial charge in [-0.25, -0.2) is 0 Å². The molecule has 4 nitrogen and oxygen atoms in total. The lowest BCUT2D eigenvalue weighted by Crippen LogP contribution is -2.25. The summed E-state index contributed by atoms with van der Waals surface area (Å²) in [5.41, 5.74) is 5.96. The highest BCUT2D eigenvalue weighted by molar-refractivity contribution is 5.79. The van der Waals surface area contributed by atoms with Crippen molar-refractivity contribution in [1.82, 2.24) is 5.32 Å². The fraction of sp³-hybridized carbons (Fsp3) is 0.900. The average Bonchev–Trinajstić information content (AvgIpc) is 2.98. The van der Waals surface area contributed by atoms with Crippen molar-refractivity contribution in [3.05, 3.63) is 0 Å². The minimum absolute atomic E-state index is 0.323. The molecule has 0 unspecified atom stereocenters. The molecule has 4 heteroatoms. The second kappa shape index (κ2) is 5.20. The molecule has 0 atom stereocenters. The Balaban J connectivity index is 1.95. The summed E-state index contributed by atoms with van der Waals surface area (Å²) in [6.45, 7) is 4.34. The Bertz CT molecular complexity index is 200. The minimum atomic E-state index is 0.323. The fourth-order valence-corrected chi connectivity index (χ4v) is 1.63. The van der Waals surface area contributed by atoms with Crippen LogP contribution in [0.1, 0.15) is 39.0 Å². The van der Waals surface area contributed by atoms with Crippen molar-refractivity contribution in [2.45, 2.75) is 39.0 Å². The smallest absolute Gasteiger partial charge is 0.139 e. The first-order valence-corrected chi connectivity index (χ1v) is 5.39. The molecule has 1 saturated carbocycles. The van der Waals surface area contributed by atoms with Crippen LogP contribution in [0.2, 0.25) is 0 Å². The van der Waals surface area contributed by atoms with Crippen LogP contribution in [0.15, 0.2) is 5.16 Å². The third kappa shape index (κ3) is 3.54. The largest absolute Gasteiger partial charge is 0.409 e. The molecule has 0 amide bonds. The molecule has 0 aromatic rings. The standard InChI is InChI=1S/C10H21N3O/c1-2-10(5-6-10)8-12-7-3-4-9(11)13-14/h12,14H,2-8H2,1H3,(H2,11,13). The maximum atomic E-state index is 8.31. The molecule has 0 spiro atoms. The van der Waals surface area contributed by atoms with E-state index in [-0.39, 0.29) is 0 Å². The topological polar surface area (TPSA) is 70.6 Å². The van der Waals surface area contributed by atoms with Gasteiger partial charge in [0.25, 0.3) is 0 Å². The maximum absolute atomic E-state index is 8.31. The fourth-order valence-electron chi connectivity index (χ4n) is 1.63. The van der Waals surface area contributed by atoms with Gasteiger partial charge in [0.2, 0.25) is 0 Å². The van der Waals surface area contributed by atoms with Crippen LogP contribution in [0, 0.1) is 5.41 Å². The van der Waals surface area contributed by atoms with Crippen molar-refractivity contribution in [2.75, 3.05) is 13.1 Å². The van der Waals surface area contributed by atoms with E-state index in [0.717, 1.165) is 19.5 Å². The Labute approximate surface area is 85.6 Å². The van der Waals surface area contributed by atoms with E-state index in [0.29, 0.717) is 17.7 Å². The van der Waals surface area contributed by atoms with Gasteiger partial charge in [0, 0.05) is 13.0 Å². The second-order valence-corrected chi connectivity index (χ2v) is 4.23. The molecule has 1 fully saturated rings. The van der Waals surface area contributed by atoms with Crippen molar-refractivity contribution in [3.8, 4) is 0 Å².